The molecular formula is C13H21N3O. The summed E-state index contributed by atoms with van der Waals surface area (Å²) in [6.07, 6.45) is 3.51. The van der Waals surface area contributed by atoms with Gasteiger partial charge in [0.15, 0.2) is 0 Å². The lowest BCUT2D eigenvalue weighted by molar-refractivity contribution is -0.121. The highest BCUT2D eigenvalue weighted by atomic mass is 16.1. The standard InChI is InChI=1S/C13H21N3O/c1-10-8-12(16(3)14-10)9-15(2)11-4-6-13(17)7-5-11/h8,11H,4-7,9H2,1-3H3. The topological polar surface area (TPSA) is 38.1 Å². The Morgan fingerprint density at radius 1 is 1.47 bits per heavy atom. The van der Waals surface area contributed by atoms with Crippen LogP contribution in [-0.2, 0) is 18.4 Å². The molecule has 0 spiro atoms. The molecule has 1 heterocycles. The van der Waals surface area contributed by atoms with E-state index in [0.29, 0.717) is 11.8 Å². The molecule has 1 fully saturated rings. The number of carbonyl (C=O) groups is 1. The normalized spacial score (nSPS) is 18.0. The Morgan fingerprint density at radius 3 is 2.65 bits per heavy atom. The summed E-state index contributed by atoms with van der Waals surface area (Å²) in [7, 11) is 4.13. The summed E-state index contributed by atoms with van der Waals surface area (Å²) < 4.78 is 1.94. The number of aryl methyl sites for hydroxylation is 2. The van der Waals surface area contributed by atoms with E-state index in [1.165, 1.54) is 5.69 Å². The molecule has 4 nitrogen and oxygen atoms in total. The Labute approximate surface area is 103 Å². The first-order chi connectivity index (χ1) is 8.06. The number of hydrogen-bond acceptors (Lipinski definition) is 3. The lowest BCUT2D eigenvalue weighted by atomic mass is 9.93. The third kappa shape index (κ3) is 2.94. The molecule has 0 atom stereocenters. The summed E-state index contributed by atoms with van der Waals surface area (Å²) in [5, 5.41) is 4.36. The predicted octanol–water partition coefficient (Wildman–Crippen LogP) is 1.67. The van der Waals surface area contributed by atoms with Gasteiger partial charge >= 0.3 is 0 Å². The molecule has 1 aliphatic rings. The zero-order chi connectivity index (χ0) is 12.4. The fourth-order valence-corrected chi connectivity index (χ4v) is 2.56. The second-order valence-corrected chi connectivity index (χ2v) is 5.09. The smallest absolute Gasteiger partial charge is 0.133 e. The zero-order valence-corrected chi connectivity index (χ0v) is 10.9. The van der Waals surface area contributed by atoms with Gasteiger partial charge in [-0.2, -0.15) is 5.10 Å². The molecule has 0 unspecified atom stereocenters. The molecule has 94 valence electrons. The van der Waals surface area contributed by atoms with E-state index in [0.717, 1.165) is 37.9 Å². The minimum Gasteiger partial charge on any atom is -0.300 e. The van der Waals surface area contributed by atoms with E-state index in [2.05, 4.69) is 23.1 Å². The van der Waals surface area contributed by atoms with Crippen LogP contribution in [-0.4, -0.2) is 33.6 Å². The maximum Gasteiger partial charge on any atom is 0.133 e. The second-order valence-electron chi connectivity index (χ2n) is 5.09. The highest BCUT2D eigenvalue weighted by Crippen LogP contribution is 2.20. The minimum atomic E-state index is 0.422. The largest absolute Gasteiger partial charge is 0.300 e. The van der Waals surface area contributed by atoms with Crippen molar-refractivity contribution in [1.82, 2.24) is 14.7 Å². The van der Waals surface area contributed by atoms with E-state index in [1.807, 2.05) is 18.7 Å². The van der Waals surface area contributed by atoms with Crippen LogP contribution in [0.15, 0.2) is 6.07 Å². The van der Waals surface area contributed by atoms with Crippen molar-refractivity contribution in [3.63, 3.8) is 0 Å². The van der Waals surface area contributed by atoms with Crippen molar-refractivity contribution in [3.8, 4) is 0 Å². The van der Waals surface area contributed by atoms with E-state index in [9.17, 15) is 4.79 Å². The molecule has 0 bridgehead atoms. The average Bonchev–Trinajstić information content (AvgIpc) is 2.58. The predicted molar refractivity (Wildman–Crippen MR) is 66.7 cm³/mol. The van der Waals surface area contributed by atoms with Gasteiger partial charge in [-0.05, 0) is 32.9 Å². The third-order valence-electron chi connectivity index (χ3n) is 3.65. The second kappa shape index (κ2) is 5.00. The number of hydrogen-bond donors (Lipinski definition) is 0. The molecule has 0 N–H and O–H groups in total. The number of rotatable bonds is 3. The van der Waals surface area contributed by atoms with Crippen molar-refractivity contribution >= 4 is 5.78 Å². The van der Waals surface area contributed by atoms with E-state index in [1.54, 1.807) is 0 Å². The van der Waals surface area contributed by atoms with Gasteiger partial charge in [0.1, 0.15) is 5.78 Å². The fraction of sp³-hybridized carbons (Fsp3) is 0.692. The number of carbonyl (C=O) groups excluding carboxylic acids is 1. The van der Waals surface area contributed by atoms with Crippen LogP contribution in [0.5, 0.6) is 0 Å². The maximum absolute atomic E-state index is 11.2. The van der Waals surface area contributed by atoms with Gasteiger partial charge in [0, 0.05) is 32.5 Å². The highest BCUT2D eigenvalue weighted by Gasteiger charge is 2.22. The Bertz CT molecular complexity index is 401. The molecule has 2 rings (SSSR count). The highest BCUT2D eigenvalue weighted by molar-refractivity contribution is 5.79. The average molecular weight is 235 g/mol. The van der Waals surface area contributed by atoms with Gasteiger partial charge in [0.25, 0.3) is 0 Å². The molecule has 17 heavy (non-hydrogen) atoms. The van der Waals surface area contributed by atoms with Crippen LogP contribution in [0.2, 0.25) is 0 Å². The van der Waals surface area contributed by atoms with Crippen LogP contribution in [0.3, 0.4) is 0 Å². The lowest BCUT2D eigenvalue weighted by Gasteiger charge is -2.30. The maximum atomic E-state index is 11.2. The molecule has 4 heteroatoms. The molecule has 1 aromatic rings. The summed E-state index contributed by atoms with van der Waals surface area (Å²) in [4.78, 5) is 13.6. The van der Waals surface area contributed by atoms with Crippen molar-refractivity contribution in [2.24, 2.45) is 7.05 Å². The summed E-state index contributed by atoms with van der Waals surface area (Å²) in [5.41, 5.74) is 2.30. The molecule has 0 saturated heterocycles. The van der Waals surface area contributed by atoms with Crippen LogP contribution >= 0.6 is 0 Å². The van der Waals surface area contributed by atoms with Crippen molar-refractivity contribution in [3.05, 3.63) is 17.5 Å². The monoisotopic (exact) mass is 235 g/mol. The van der Waals surface area contributed by atoms with E-state index >= 15 is 0 Å². The third-order valence-corrected chi connectivity index (χ3v) is 3.65. The molecule has 0 amide bonds. The minimum absolute atomic E-state index is 0.422. The van der Waals surface area contributed by atoms with Crippen LogP contribution < -0.4 is 0 Å². The van der Waals surface area contributed by atoms with Gasteiger partial charge in [-0.15, -0.1) is 0 Å². The van der Waals surface area contributed by atoms with Gasteiger partial charge in [-0.3, -0.25) is 14.4 Å². The van der Waals surface area contributed by atoms with Gasteiger partial charge in [0.05, 0.1) is 11.4 Å². The van der Waals surface area contributed by atoms with Crippen LogP contribution in [0.1, 0.15) is 37.1 Å². The molecule has 0 aromatic carbocycles. The lowest BCUT2D eigenvalue weighted by Crippen LogP contribution is -2.35. The molecule has 1 aromatic heterocycles. The first-order valence-electron chi connectivity index (χ1n) is 6.27. The summed E-state index contributed by atoms with van der Waals surface area (Å²) in [6, 6.07) is 2.67. The molecule has 0 aliphatic heterocycles. The van der Waals surface area contributed by atoms with Gasteiger partial charge in [0.2, 0.25) is 0 Å². The van der Waals surface area contributed by atoms with Crippen LogP contribution in [0.25, 0.3) is 0 Å². The SMILES string of the molecule is Cc1cc(CN(C)C2CCC(=O)CC2)n(C)n1. The Hall–Kier alpha value is -1.16. The van der Waals surface area contributed by atoms with Crippen LogP contribution in [0.4, 0.5) is 0 Å². The quantitative estimate of drug-likeness (QED) is 0.800. The van der Waals surface area contributed by atoms with E-state index in [4.69, 9.17) is 0 Å². The molecule has 1 saturated carbocycles. The van der Waals surface area contributed by atoms with Crippen molar-refractivity contribution < 1.29 is 4.79 Å². The number of aromatic nitrogens is 2. The fourth-order valence-electron chi connectivity index (χ4n) is 2.56. The van der Waals surface area contributed by atoms with Gasteiger partial charge < -0.3 is 0 Å². The van der Waals surface area contributed by atoms with Gasteiger partial charge in [-0.1, -0.05) is 0 Å². The van der Waals surface area contributed by atoms with Gasteiger partial charge in [-0.25, -0.2) is 0 Å². The van der Waals surface area contributed by atoms with Crippen molar-refractivity contribution in [2.45, 2.75) is 45.2 Å². The summed E-state index contributed by atoms with van der Waals surface area (Å²) in [6.45, 7) is 2.93. The summed E-state index contributed by atoms with van der Waals surface area (Å²) in [5.74, 6) is 0.422. The van der Waals surface area contributed by atoms with Crippen molar-refractivity contribution in [2.75, 3.05) is 7.05 Å². The Balaban J connectivity index is 1.94. The summed E-state index contributed by atoms with van der Waals surface area (Å²) >= 11 is 0. The molecule has 0 radical (unpaired) electrons. The first-order valence-corrected chi connectivity index (χ1v) is 6.27. The van der Waals surface area contributed by atoms with E-state index < -0.39 is 0 Å². The Morgan fingerprint density at radius 2 is 2.12 bits per heavy atom. The Kier molecular flexibility index (Phi) is 3.62. The van der Waals surface area contributed by atoms with E-state index in [-0.39, 0.29) is 0 Å². The number of nitrogens with zero attached hydrogens (tertiary/aromatic N) is 3. The molecule has 1 aliphatic carbocycles. The zero-order valence-electron chi connectivity index (χ0n) is 10.9. The first kappa shape index (κ1) is 12.3. The number of Topliss-reactive ketones (excluding diaryl/α,β-unsaturated/α-hetero) is 1. The van der Waals surface area contributed by atoms with Crippen LogP contribution in [0, 0.1) is 6.92 Å². The molecular weight excluding hydrogens is 214 g/mol. The number of ketones is 1. The van der Waals surface area contributed by atoms with Crippen molar-refractivity contribution in [1.29, 1.82) is 0 Å².